The van der Waals surface area contributed by atoms with Crippen LogP contribution < -0.4 is 45.9 Å². The van der Waals surface area contributed by atoms with Crippen molar-refractivity contribution in [2.45, 2.75) is 6.10 Å². The van der Waals surface area contributed by atoms with Gasteiger partial charge in [0.25, 0.3) is 0 Å². The van der Waals surface area contributed by atoms with Gasteiger partial charge in [0.05, 0.1) is 12.7 Å². The zero-order valence-electron chi connectivity index (χ0n) is 11.7. The molecule has 0 bridgehead atoms. The summed E-state index contributed by atoms with van der Waals surface area (Å²) in [6, 6.07) is -0.818. The van der Waals surface area contributed by atoms with Gasteiger partial charge in [0.1, 0.15) is 6.35 Å². The van der Waals surface area contributed by atoms with Gasteiger partial charge in [0.15, 0.2) is 0 Å². The molecule has 7 N–H and O–H groups in total. The second-order valence-corrected chi connectivity index (χ2v) is 4.81. The second kappa shape index (κ2) is 11.2. The molecule has 112 valence electrons. The van der Waals surface area contributed by atoms with Gasteiger partial charge in [-0.25, -0.2) is 4.79 Å². The minimum absolute atomic E-state index is 0. The van der Waals surface area contributed by atoms with Crippen LogP contribution in [0.3, 0.4) is 0 Å². The van der Waals surface area contributed by atoms with Gasteiger partial charge in [-0.05, 0) is 0 Å². The summed E-state index contributed by atoms with van der Waals surface area (Å²) in [6.07, 6.45) is -1.74. The average molecular weight is 322 g/mol. The monoisotopic (exact) mass is 322 g/mol. The van der Waals surface area contributed by atoms with Gasteiger partial charge < -0.3 is 32.1 Å². The van der Waals surface area contributed by atoms with E-state index in [1.54, 1.807) is 0 Å². The number of guanidine groups is 1. The summed E-state index contributed by atoms with van der Waals surface area (Å²) < 4.78 is 15.2. The van der Waals surface area contributed by atoms with E-state index in [0.29, 0.717) is 0 Å². The van der Waals surface area contributed by atoms with Gasteiger partial charge in [-0.1, -0.05) is 0 Å². The molecule has 20 heavy (non-hydrogen) atoms. The van der Waals surface area contributed by atoms with Gasteiger partial charge in [-0.2, -0.15) is 4.99 Å². The third kappa shape index (κ3) is 12.5. The first-order valence-electron chi connectivity index (χ1n) is 4.87. The Labute approximate surface area is 137 Å². The zero-order valence-corrected chi connectivity index (χ0v) is 13.6. The van der Waals surface area contributed by atoms with E-state index in [1.165, 1.54) is 0 Å². The molecule has 0 aliphatic carbocycles. The zero-order chi connectivity index (χ0) is 14.9. The number of aliphatic hydroxyl groups is 1. The van der Waals surface area contributed by atoms with E-state index in [2.05, 4.69) is 15.0 Å². The van der Waals surface area contributed by atoms with E-state index in [-0.39, 0.29) is 43.9 Å². The molecular formula is C7H16N4NaO7P. The summed E-state index contributed by atoms with van der Waals surface area (Å²) in [7, 11) is -4.35. The molecule has 1 atom stereocenters. The largest absolute Gasteiger partial charge is 1.00 e. The number of aliphatic imine (C=N–C) groups is 1. The fourth-order valence-corrected chi connectivity index (χ4v) is 1.24. The Balaban J connectivity index is -0.00000162. The Morgan fingerprint density at radius 1 is 1.55 bits per heavy atom. The fourth-order valence-electron chi connectivity index (χ4n) is 0.835. The number of hydrogen-bond acceptors (Lipinski definition) is 5. The molecule has 3 amide bonds. The topological polar surface area (TPSA) is 184 Å². The Kier molecular flexibility index (Phi) is 12.2. The van der Waals surface area contributed by atoms with Crippen molar-refractivity contribution < 1.29 is 64.8 Å². The first kappa shape index (κ1) is 21.8. The molecule has 11 nitrogen and oxygen atoms in total. The predicted molar refractivity (Wildman–Crippen MR) is 64.2 cm³/mol. The van der Waals surface area contributed by atoms with Crippen LogP contribution in [0, 0.1) is 0 Å². The SMILES string of the molecule is NC(=NC=O)NC(=O)NCC(CO)OCP(=O)(O)O.[H-].[Na+]. The predicted octanol–water partition coefficient (Wildman–Crippen LogP) is -5.61. The molecule has 1 unspecified atom stereocenters. The minimum Gasteiger partial charge on any atom is -1.00 e. The van der Waals surface area contributed by atoms with Crippen LogP contribution in [-0.4, -0.2) is 58.9 Å². The molecule has 0 aromatic rings. The van der Waals surface area contributed by atoms with Gasteiger partial charge >= 0.3 is 43.2 Å². The van der Waals surface area contributed by atoms with Crippen molar-refractivity contribution in [3.05, 3.63) is 0 Å². The molecule has 0 saturated carbocycles. The third-order valence-electron chi connectivity index (χ3n) is 1.61. The molecule has 0 aliphatic rings. The third-order valence-corrected chi connectivity index (χ3v) is 2.09. The minimum atomic E-state index is -4.35. The van der Waals surface area contributed by atoms with Gasteiger partial charge in [-0.15, -0.1) is 0 Å². The van der Waals surface area contributed by atoms with Crippen LogP contribution in [0.25, 0.3) is 0 Å². The van der Waals surface area contributed by atoms with E-state index >= 15 is 0 Å². The van der Waals surface area contributed by atoms with Gasteiger partial charge in [0.2, 0.25) is 12.4 Å². The fraction of sp³-hybridized carbons (Fsp3) is 0.571. The van der Waals surface area contributed by atoms with Crippen LogP contribution in [0.2, 0.25) is 0 Å². The number of ether oxygens (including phenoxy) is 1. The van der Waals surface area contributed by atoms with Crippen LogP contribution in [0.15, 0.2) is 4.99 Å². The summed E-state index contributed by atoms with van der Waals surface area (Å²) in [6.45, 7) is -0.783. The number of amides is 3. The maximum Gasteiger partial charge on any atom is 1.00 e. The van der Waals surface area contributed by atoms with Crippen LogP contribution in [0.4, 0.5) is 4.79 Å². The molecule has 0 saturated heterocycles. The van der Waals surface area contributed by atoms with Crippen LogP contribution >= 0.6 is 7.60 Å². The van der Waals surface area contributed by atoms with Crippen LogP contribution in [0.1, 0.15) is 1.43 Å². The Bertz CT molecular complexity index is 393. The van der Waals surface area contributed by atoms with E-state index in [0.717, 1.165) is 0 Å². The van der Waals surface area contributed by atoms with Crippen LogP contribution in [0.5, 0.6) is 0 Å². The van der Waals surface area contributed by atoms with Crippen molar-refractivity contribution in [1.82, 2.24) is 10.6 Å². The van der Waals surface area contributed by atoms with E-state index in [4.69, 9.17) is 20.6 Å². The maximum atomic E-state index is 11.2. The number of urea groups is 1. The molecule has 0 spiro atoms. The van der Waals surface area contributed by atoms with E-state index < -0.39 is 38.6 Å². The van der Waals surface area contributed by atoms with Gasteiger partial charge in [0, 0.05) is 6.54 Å². The van der Waals surface area contributed by atoms with Crippen molar-refractivity contribution in [3.8, 4) is 0 Å². The molecule has 0 radical (unpaired) electrons. The van der Waals surface area contributed by atoms with Gasteiger partial charge in [-0.3, -0.25) is 14.7 Å². The summed E-state index contributed by atoms with van der Waals surface area (Å²) in [5.41, 5.74) is 5.10. The molecule has 0 heterocycles. The first-order chi connectivity index (χ1) is 8.78. The summed E-state index contributed by atoms with van der Waals surface area (Å²) in [5, 5.41) is 13.0. The number of carbonyl (C=O) groups excluding carboxylic acids is 2. The number of hydrogen-bond donors (Lipinski definition) is 6. The number of aliphatic hydroxyl groups excluding tert-OH is 1. The number of carbonyl (C=O) groups is 2. The maximum absolute atomic E-state index is 11.2. The molecular weight excluding hydrogens is 306 g/mol. The van der Waals surface area contributed by atoms with Crippen molar-refractivity contribution in [2.24, 2.45) is 10.7 Å². The molecule has 0 aromatic heterocycles. The Morgan fingerprint density at radius 3 is 2.60 bits per heavy atom. The van der Waals surface area contributed by atoms with Crippen molar-refractivity contribution >= 4 is 26.0 Å². The number of nitrogens with zero attached hydrogens (tertiary/aromatic N) is 1. The summed E-state index contributed by atoms with van der Waals surface area (Å²) in [4.78, 5) is 41.2. The summed E-state index contributed by atoms with van der Waals surface area (Å²) >= 11 is 0. The average Bonchev–Trinajstić information content (AvgIpc) is 2.28. The number of nitrogens with two attached hydrogens (primary N) is 1. The normalized spacial score (nSPS) is 13.1. The van der Waals surface area contributed by atoms with E-state index in [9.17, 15) is 14.2 Å². The standard InChI is InChI=1S/C7H15N4O7P.Na.H/c8-6(10-3-13)11-7(14)9-1-5(2-12)18-4-19(15,16)17;;/h3,5,12H,1-2,4H2,(H2,15,16,17)(H4,8,9,10,11,13,14);;/q;+1;-1. The molecule has 13 heteroatoms. The quantitative estimate of drug-likeness (QED) is 0.0880. The Hall–Kier alpha value is -0.520. The number of nitrogens with one attached hydrogen (secondary N) is 2. The van der Waals surface area contributed by atoms with Crippen molar-refractivity contribution in [3.63, 3.8) is 0 Å². The van der Waals surface area contributed by atoms with E-state index in [1.807, 2.05) is 5.32 Å². The number of rotatable bonds is 7. The second-order valence-electron chi connectivity index (χ2n) is 3.22. The van der Waals surface area contributed by atoms with Crippen molar-refractivity contribution in [1.29, 1.82) is 0 Å². The first-order valence-corrected chi connectivity index (χ1v) is 6.67. The van der Waals surface area contributed by atoms with Crippen LogP contribution in [-0.2, 0) is 14.1 Å². The summed E-state index contributed by atoms with van der Waals surface area (Å²) in [5.74, 6) is -0.427. The smallest absolute Gasteiger partial charge is 1.00 e. The molecule has 0 rings (SSSR count). The molecule has 0 aliphatic heterocycles. The Morgan fingerprint density at radius 2 is 2.15 bits per heavy atom. The molecule has 0 fully saturated rings. The molecule has 0 aromatic carbocycles. The van der Waals surface area contributed by atoms with Crippen molar-refractivity contribution in [2.75, 3.05) is 19.5 Å².